The van der Waals surface area contributed by atoms with Gasteiger partial charge in [0.1, 0.15) is 5.60 Å². The number of carbonyl (C=O) groups excluding carboxylic acids is 1. The van der Waals surface area contributed by atoms with Gasteiger partial charge >= 0.3 is 6.09 Å². The van der Waals surface area contributed by atoms with Gasteiger partial charge in [-0.3, -0.25) is 4.90 Å². The Morgan fingerprint density at radius 3 is 2.56 bits per heavy atom. The molecule has 0 aliphatic heterocycles. The van der Waals surface area contributed by atoms with Crippen molar-refractivity contribution in [1.82, 2.24) is 0 Å². The van der Waals surface area contributed by atoms with E-state index < -0.39 is 11.7 Å². The van der Waals surface area contributed by atoms with Crippen molar-refractivity contribution in [2.75, 3.05) is 11.4 Å². The summed E-state index contributed by atoms with van der Waals surface area (Å²) in [7, 11) is 0. The lowest BCUT2D eigenvalue weighted by Crippen LogP contribution is -2.38. The Balaban J connectivity index is 2.64. The average Bonchev–Trinajstić information content (AvgIpc) is 2.51. The van der Waals surface area contributed by atoms with Crippen LogP contribution in [-0.2, 0) is 4.74 Å². The molecule has 0 atom stereocenters. The van der Waals surface area contributed by atoms with Crippen molar-refractivity contribution in [1.29, 1.82) is 5.26 Å². The number of halogens is 1. The summed E-state index contributed by atoms with van der Waals surface area (Å²) in [5.41, 5.74) is 1.30. The molecule has 0 N–H and O–H groups in total. The van der Waals surface area contributed by atoms with Crippen LogP contribution in [0.3, 0.4) is 0 Å². The zero-order chi connectivity index (χ0) is 18.8. The molecule has 0 fully saturated rings. The lowest BCUT2D eigenvalue weighted by atomic mass is 10.0. The van der Waals surface area contributed by atoms with E-state index in [1.807, 2.05) is 64.1 Å². The van der Waals surface area contributed by atoms with Crippen molar-refractivity contribution in [2.45, 2.75) is 33.3 Å². The van der Waals surface area contributed by atoms with E-state index in [4.69, 9.17) is 10.00 Å². The van der Waals surface area contributed by atoms with E-state index >= 15 is 0 Å². The molecule has 0 saturated carbocycles. The van der Waals surface area contributed by atoms with E-state index in [1.54, 1.807) is 0 Å². The lowest BCUT2D eigenvalue weighted by Gasteiger charge is -2.29. The molecule has 130 valence electrons. The Morgan fingerprint density at radius 2 is 1.96 bits per heavy atom. The molecule has 0 radical (unpaired) electrons. The lowest BCUT2D eigenvalue weighted by molar-refractivity contribution is 0.0584. The summed E-state index contributed by atoms with van der Waals surface area (Å²) in [5, 5.41) is 11.0. The summed E-state index contributed by atoms with van der Waals surface area (Å²) >= 11 is 3.49. The van der Waals surface area contributed by atoms with E-state index in [0.29, 0.717) is 0 Å². The number of anilines is 1. The third-order valence-corrected chi connectivity index (χ3v) is 4.04. The van der Waals surface area contributed by atoms with Gasteiger partial charge in [0.15, 0.2) is 0 Å². The van der Waals surface area contributed by atoms with E-state index in [-0.39, 0.29) is 12.1 Å². The summed E-state index contributed by atoms with van der Waals surface area (Å²) < 4.78 is 6.47. The van der Waals surface area contributed by atoms with Gasteiger partial charge in [-0.05, 0) is 50.8 Å². The summed E-state index contributed by atoms with van der Waals surface area (Å²) in [4.78, 5) is 14.3. The van der Waals surface area contributed by atoms with Crippen molar-refractivity contribution in [3.8, 4) is 6.07 Å². The molecule has 0 unspecified atom stereocenters. The minimum Gasteiger partial charge on any atom is -0.443 e. The molecular formula is C20H21BrN2O2. The smallest absolute Gasteiger partial charge is 0.415 e. The molecule has 0 bridgehead atoms. The molecule has 1 amide bonds. The van der Waals surface area contributed by atoms with Crippen LogP contribution in [0.15, 0.2) is 47.0 Å². The highest BCUT2D eigenvalue weighted by Crippen LogP contribution is 2.34. The zero-order valence-electron chi connectivity index (χ0n) is 14.9. The van der Waals surface area contributed by atoms with Gasteiger partial charge in [-0.25, -0.2) is 4.79 Å². The normalized spacial score (nSPS) is 11.0. The molecule has 0 spiro atoms. The molecule has 25 heavy (non-hydrogen) atoms. The average molecular weight is 401 g/mol. The minimum absolute atomic E-state index is 0.0812. The Labute approximate surface area is 156 Å². The van der Waals surface area contributed by atoms with Crippen LogP contribution in [0.4, 0.5) is 10.5 Å². The highest BCUT2D eigenvalue weighted by molar-refractivity contribution is 9.10. The third kappa shape index (κ3) is 4.61. The number of rotatable bonds is 3. The van der Waals surface area contributed by atoms with Gasteiger partial charge in [0.25, 0.3) is 0 Å². The maximum atomic E-state index is 12.8. The number of fused-ring (bicyclic) bond motifs is 1. The fourth-order valence-corrected chi connectivity index (χ4v) is 2.88. The molecule has 5 heteroatoms. The molecule has 0 aliphatic carbocycles. The van der Waals surface area contributed by atoms with Crippen molar-refractivity contribution in [3.05, 3.63) is 52.5 Å². The Hall–Kier alpha value is -2.32. The monoisotopic (exact) mass is 400 g/mol. The van der Waals surface area contributed by atoms with Gasteiger partial charge in [-0.15, -0.1) is 0 Å². The van der Waals surface area contributed by atoms with Crippen LogP contribution in [0.5, 0.6) is 0 Å². The highest BCUT2D eigenvalue weighted by Gasteiger charge is 2.26. The number of benzene rings is 2. The van der Waals surface area contributed by atoms with Gasteiger partial charge in [-0.1, -0.05) is 40.7 Å². The van der Waals surface area contributed by atoms with Crippen molar-refractivity contribution >= 4 is 38.5 Å². The maximum absolute atomic E-state index is 12.8. The van der Waals surface area contributed by atoms with Crippen molar-refractivity contribution < 1.29 is 9.53 Å². The number of aryl methyl sites for hydroxylation is 1. The van der Waals surface area contributed by atoms with Crippen LogP contribution in [0.2, 0.25) is 0 Å². The first kappa shape index (κ1) is 19.0. The van der Waals surface area contributed by atoms with E-state index in [1.165, 1.54) is 4.90 Å². The molecule has 0 heterocycles. The molecule has 0 aromatic heterocycles. The van der Waals surface area contributed by atoms with Crippen molar-refractivity contribution in [3.63, 3.8) is 0 Å². The van der Waals surface area contributed by atoms with Crippen LogP contribution >= 0.6 is 15.9 Å². The summed E-state index contributed by atoms with van der Waals surface area (Å²) in [6, 6.07) is 11.9. The van der Waals surface area contributed by atoms with Gasteiger partial charge in [0.2, 0.25) is 0 Å². The molecule has 4 nitrogen and oxygen atoms in total. The number of hydrogen-bond acceptors (Lipinski definition) is 3. The summed E-state index contributed by atoms with van der Waals surface area (Å²) in [6.45, 7) is 11.2. The van der Waals surface area contributed by atoms with Crippen molar-refractivity contribution in [2.24, 2.45) is 0 Å². The third-order valence-electron chi connectivity index (χ3n) is 3.55. The Kier molecular flexibility index (Phi) is 5.54. The standard InChI is InChI=1S/C20H21BrN2O2/c1-13(11-22)12-23(19(24)25-20(3,4)5)18-14(2)6-7-15-8-9-16(21)10-17(15)18/h6-10H,1,12H2,2-5H3. The molecule has 2 aromatic carbocycles. The zero-order valence-corrected chi connectivity index (χ0v) is 16.5. The van der Waals surface area contributed by atoms with Gasteiger partial charge in [0, 0.05) is 15.4 Å². The van der Waals surface area contributed by atoms with E-state index in [9.17, 15) is 4.79 Å². The molecule has 2 rings (SSSR count). The van der Waals surface area contributed by atoms with E-state index in [0.717, 1.165) is 26.5 Å². The van der Waals surface area contributed by atoms with Crippen LogP contribution in [0.25, 0.3) is 10.8 Å². The van der Waals surface area contributed by atoms with E-state index in [2.05, 4.69) is 22.5 Å². The first-order valence-electron chi connectivity index (χ1n) is 7.89. The number of hydrogen-bond donors (Lipinski definition) is 0. The maximum Gasteiger partial charge on any atom is 0.415 e. The largest absolute Gasteiger partial charge is 0.443 e. The quantitative estimate of drug-likeness (QED) is 0.617. The van der Waals surface area contributed by atoms with Gasteiger partial charge in [-0.2, -0.15) is 5.26 Å². The van der Waals surface area contributed by atoms with Crippen LogP contribution in [0, 0.1) is 18.3 Å². The molecule has 0 aliphatic rings. The van der Waals surface area contributed by atoms with Crippen LogP contribution in [-0.4, -0.2) is 18.2 Å². The van der Waals surface area contributed by atoms with Gasteiger partial charge in [0.05, 0.1) is 18.3 Å². The fraction of sp³-hybridized carbons (Fsp3) is 0.300. The second kappa shape index (κ2) is 7.28. The topological polar surface area (TPSA) is 53.3 Å². The Bertz CT molecular complexity index is 870. The number of nitriles is 1. The molecule has 2 aromatic rings. The number of nitrogens with zero attached hydrogens (tertiary/aromatic N) is 2. The number of ether oxygens (including phenoxy) is 1. The highest BCUT2D eigenvalue weighted by atomic mass is 79.9. The Morgan fingerprint density at radius 1 is 1.32 bits per heavy atom. The second-order valence-electron chi connectivity index (χ2n) is 6.88. The second-order valence-corrected chi connectivity index (χ2v) is 7.79. The summed E-state index contributed by atoms with van der Waals surface area (Å²) in [5.74, 6) is 0. The SMILES string of the molecule is C=C(C#N)CN(C(=O)OC(C)(C)C)c1c(C)ccc2ccc(Br)cc12. The molecule has 0 saturated heterocycles. The summed E-state index contributed by atoms with van der Waals surface area (Å²) in [6.07, 6.45) is -0.500. The van der Waals surface area contributed by atoms with Crippen LogP contribution < -0.4 is 4.90 Å². The first-order chi connectivity index (χ1) is 11.6. The van der Waals surface area contributed by atoms with Crippen LogP contribution in [0.1, 0.15) is 26.3 Å². The number of amides is 1. The first-order valence-corrected chi connectivity index (χ1v) is 8.69. The molecular weight excluding hydrogens is 380 g/mol. The number of carbonyl (C=O) groups is 1. The van der Waals surface area contributed by atoms with Gasteiger partial charge < -0.3 is 4.74 Å². The predicted octanol–water partition coefficient (Wildman–Crippen LogP) is 5.73. The predicted molar refractivity (Wildman–Crippen MR) is 105 cm³/mol. The minimum atomic E-state index is -0.637. The fourth-order valence-electron chi connectivity index (χ4n) is 2.52.